The van der Waals surface area contributed by atoms with Crippen molar-refractivity contribution in [1.29, 1.82) is 0 Å². The van der Waals surface area contributed by atoms with E-state index < -0.39 is 5.92 Å². The summed E-state index contributed by atoms with van der Waals surface area (Å²) in [5.41, 5.74) is 0.491. The number of aromatic nitrogens is 1. The van der Waals surface area contributed by atoms with E-state index in [0.29, 0.717) is 5.69 Å². The summed E-state index contributed by atoms with van der Waals surface area (Å²) >= 11 is 0. The molecule has 0 saturated carbocycles. The van der Waals surface area contributed by atoms with Crippen LogP contribution in [0, 0.1) is 6.92 Å². The molecule has 1 rings (SSSR count). The normalized spacial score (nSPS) is 11.7. The summed E-state index contributed by atoms with van der Waals surface area (Å²) in [6.07, 6.45) is -0.205. The van der Waals surface area contributed by atoms with Gasteiger partial charge in [0.25, 0.3) is 5.92 Å². The molecule has 1 heterocycles. The molecule has 0 atom stereocenters. The van der Waals surface area contributed by atoms with E-state index in [1.54, 1.807) is 19.1 Å². The number of hydrogen-bond acceptors (Lipinski definition) is 1. The molecule has 12 heavy (non-hydrogen) atoms. The molecule has 0 N–H and O–H groups in total. The highest BCUT2D eigenvalue weighted by atomic mass is 19.3. The van der Waals surface area contributed by atoms with E-state index in [1.165, 1.54) is 13.0 Å². The van der Waals surface area contributed by atoms with Crippen LogP contribution in [0.2, 0.25) is 0 Å². The first kappa shape index (κ1) is 9.10. The summed E-state index contributed by atoms with van der Waals surface area (Å²) in [6.45, 7) is 3.15. The fraction of sp³-hybridized carbons (Fsp3) is 0.444. The molecule has 1 nitrogen and oxygen atoms in total. The topological polar surface area (TPSA) is 12.9 Å². The number of alkyl halides is 2. The van der Waals surface area contributed by atoms with Gasteiger partial charge in [-0.2, -0.15) is 8.78 Å². The molecule has 1 aromatic rings. The van der Waals surface area contributed by atoms with Gasteiger partial charge in [0.2, 0.25) is 0 Å². The molecule has 0 amide bonds. The Kier molecular flexibility index (Phi) is 2.40. The highest BCUT2D eigenvalue weighted by Crippen LogP contribution is 2.29. The number of aryl methyl sites for hydroxylation is 1. The van der Waals surface area contributed by atoms with Crippen molar-refractivity contribution in [2.24, 2.45) is 0 Å². The Bertz CT molecular complexity index is 271. The van der Waals surface area contributed by atoms with Crippen molar-refractivity contribution in [3.63, 3.8) is 0 Å². The molecule has 0 aliphatic heterocycles. The van der Waals surface area contributed by atoms with Gasteiger partial charge in [-0.1, -0.05) is 13.0 Å². The van der Waals surface area contributed by atoms with E-state index in [2.05, 4.69) is 4.98 Å². The zero-order valence-corrected chi connectivity index (χ0v) is 7.14. The lowest BCUT2D eigenvalue weighted by Crippen LogP contribution is -2.13. The van der Waals surface area contributed by atoms with Crippen LogP contribution < -0.4 is 0 Å². The molecule has 0 saturated heterocycles. The molecule has 0 bridgehead atoms. The Labute approximate surface area is 70.4 Å². The van der Waals surface area contributed by atoms with Crippen molar-refractivity contribution in [3.05, 3.63) is 29.6 Å². The standard InChI is InChI=1S/C9H11F2N/c1-3-9(10,11)8-6-4-5-7(2)12-8/h4-6H,3H2,1-2H3. The van der Waals surface area contributed by atoms with E-state index in [4.69, 9.17) is 0 Å². The SMILES string of the molecule is CCC(F)(F)c1cccc(C)n1. The molecular weight excluding hydrogens is 160 g/mol. The molecule has 1 aromatic heterocycles. The fourth-order valence-corrected chi connectivity index (χ4v) is 0.928. The molecule has 0 spiro atoms. The van der Waals surface area contributed by atoms with Crippen LogP contribution in [-0.4, -0.2) is 4.98 Å². The van der Waals surface area contributed by atoms with Crippen LogP contribution in [0.4, 0.5) is 8.78 Å². The van der Waals surface area contributed by atoms with Gasteiger partial charge in [0, 0.05) is 12.1 Å². The quantitative estimate of drug-likeness (QED) is 0.666. The monoisotopic (exact) mass is 171 g/mol. The Balaban J connectivity index is 3.03. The smallest absolute Gasteiger partial charge is 0.252 e. The van der Waals surface area contributed by atoms with Crippen molar-refractivity contribution in [1.82, 2.24) is 4.98 Å². The molecule has 0 unspecified atom stereocenters. The maximum absolute atomic E-state index is 13.0. The minimum atomic E-state index is -2.79. The first-order valence-corrected chi connectivity index (χ1v) is 3.88. The second-order valence-electron chi connectivity index (χ2n) is 2.72. The summed E-state index contributed by atoms with van der Waals surface area (Å²) in [4.78, 5) is 3.77. The van der Waals surface area contributed by atoms with Gasteiger partial charge in [-0.05, 0) is 19.1 Å². The van der Waals surface area contributed by atoms with Gasteiger partial charge >= 0.3 is 0 Å². The molecule has 3 heteroatoms. The second-order valence-corrected chi connectivity index (χ2v) is 2.72. The maximum Gasteiger partial charge on any atom is 0.289 e. The molecule has 0 aliphatic rings. The predicted molar refractivity (Wildman–Crippen MR) is 43.2 cm³/mol. The highest BCUT2D eigenvalue weighted by molar-refractivity contribution is 5.14. The molecule has 0 aliphatic carbocycles. The Hall–Kier alpha value is -0.990. The maximum atomic E-state index is 13.0. The molecule has 66 valence electrons. The van der Waals surface area contributed by atoms with Crippen molar-refractivity contribution in [2.75, 3.05) is 0 Å². The molecule has 0 radical (unpaired) electrons. The highest BCUT2D eigenvalue weighted by Gasteiger charge is 2.30. The molecule has 0 aromatic carbocycles. The minimum absolute atomic E-state index is 0.134. The second kappa shape index (κ2) is 3.17. The van der Waals surface area contributed by atoms with E-state index >= 15 is 0 Å². The van der Waals surface area contributed by atoms with Gasteiger partial charge in [0.1, 0.15) is 5.69 Å². The lowest BCUT2D eigenvalue weighted by molar-refractivity contribution is -0.0129. The van der Waals surface area contributed by atoms with Crippen LogP contribution in [-0.2, 0) is 5.92 Å². The third kappa shape index (κ3) is 1.78. The van der Waals surface area contributed by atoms with E-state index in [0.717, 1.165) is 0 Å². The van der Waals surface area contributed by atoms with Crippen LogP contribution in [0.5, 0.6) is 0 Å². The zero-order valence-electron chi connectivity index (χ0n) is 7.14. The van der Waals surface area contributed by atoms with Gasteiger partial charge < -0.3 is 0 Å². The lowest BCUT2D eigenvalue weighted by atomic mass is 10.1. The van der Waals surface area contributed by atoms with Gasteiger partial charge in [-0.3, -0.25) is 4.98 Å². The third-order valence-electron chi connectivity index (χ3n) is 1.71. The lowest BCUT2D eigenvalue weighted by Gasteiger charge is -2.12. The summed E-state index contributed by atoms with van der Waals surface area (Å²) in [5, 5.41) is 0. The first-order valence-electron chi connectivity index (χ1n) is 3.88. The summed E-state index contributed by atoms with van der Waals surface area (Å²) < 4.78 is 26.0. The summed E-state index contributed by atoms with van der Waals surface area (Å²) in [7, 11) is 0. The zero-order chi connectivity index (χ0) is 9.19. The Morgan fingerprint density at radius 2 is 2.08 bits per heavy atom. The van der Waals surface area contributed by atoms with E-state index in [1.807, 2.05) is 0 Å². The predicted octanol–water partition coefficient (Wildman–Crippen LogP) is 2.89. The van der Waals surface area contributed by atoms with Crippen LogP contribution in [0.15, 0.2) is 18.2 Å². The van der Waals surface area contributed by atoms with Crippen molar-refractivity contribution < 1.29 is 8.78 Å². The fourth-order valence-electron chi connectivity index (χ4n) is 0.928. The number of nitrogens with zero attached hydrogens (tertiary/aromatic N) is 1. The average Bonchev–Trinajstić information content (AvgIpc) is 2.05. The largest absolute Gasteiger partial charge is 0.289 e. The van der Waals surface area contributed by atoms with E-state index in [9.17, 15) is 8.78 Å². The Morgan fingerprint density at radius 3 is 2.58 bits per heavy atom. The third-order valence-corrected chi connectivity index (χ3v) is 1.71. The number of hydrogen-bond donors (Lipinski definition) is 0. The molecule has 0 fully saturated rings. The first-order chi connectivity index (χ1) is 5.56. The number of pyridine rings is 1. The van der Waals surface area contributed by atoms with Crippen molar-refractivity contribution in [2.45, 2.75) is 26.2 Å². The number of halogens is 2. The number of rotatable bonds is 2. The van der Waals surface area contributed by atoms with Crippen molar-refractivity contribution >= 4 is 0 Å². The van der Waals surface area contributed by atoms with E-state index in [-0.39, 0.29) is 12.1 Å². The van der Waals surface area contributed by atoms with Crippen molar-refractivity contribution in [3.8, 4) is 0 Å². The van der Waals surface area contributed by atoms with Gasteiger partial charge in [-0.25, -0.2) is 0 Å². The minimum Gasteiger partial charge on any atom is -0.252 e. The van der Waals surface area contributed by atoms with Crippen LogP contribution >= 0.6 is 0 Å². The van der Waals surface area contributed by atoms with Gasteiger partial charge in [0.15, 0.2) is 0 Å². The molecular formula is C9H11F2N. The summed E-state index contributed by atoms with van der Waals surface area (Å²) in [5.74, 6) is -2.79. The van der Waals surface area contributed by atoms with Crippen LogP contribution in [0.25, 0.3) is 0 Å². The van der Waals surface area contributed by atoms with Crippen LogP contribution in [0.3, 0.4) is 0 Å². The Morgan fingerprint density at radius 1 is 1.42 bits per heavy atom. The van der Waals surface area contributed by atoms with Gasteiger partial charge in [0.05, 0.1) is 0 Å². The average molecular weight is 171 g/mol. The summed E-state index contributed by atoms with van der Waals surface area (Å²) in [6, 6.07) is 4.66. The van der Waals surface area contributed by atoms with Crippen LogP contribution in [0.1, 0.15) is 24.7 Å². The van der Waals surface area contributed by atoms with Gasteiger partial charge in [-0.15, -0.1) is 0 Å².